The van der Waals surface area contributed by atoms with Crippen LogP contribution < -0.4 is 9.64 Å². The van der Waals surface area contributed by atoms with Crippen molar-refractivity contribution in [3.8, 4) is 11.8 Å². The SMILES string of the molecule is CS(=O)(=O)c1ccc(OC2CCC2)c(C(=O)N2CCN(c3ncc(C#N)s3)CC2)c1. The Hall–Kier alpha value is -2.64. The highest BCUT2D eigenvalue weighted by Gasteiger charge is 2.28. The summed E-state index contributed by atoms with van der Waals surface area (Å²) in [6.45, 7) is 2.14. The molecule has 0 N–H and O–H groups in total. The number of aromatic nitrogens is 1. The van der Waals surface area contributed by atoms with E-state index in [0.29, 0.717) is 42.4 Å². The van der Waals surface area contributed by atoms with Crippen LogP contribution in [0.1, 0.15) is 34.5 Å². The maximum atomic E-state index is 13.3. The lowest BCUT2D eigenvalue weighted by Crippen LogP contribution is -2.49. The Labute approximate surface area is 179 Å². The predicted octanol–water partition coefficient (Wildman–Crippen LogP) is 2.31. The maximum Gasteiger partial charge on any atom is 0.257 e. The molecule has 2 aromatic rings. The van der Waals surface area contributed by atoms with Gasteiger partial charge in [0, 0.05) is 32.4 Å². The molecule has 1 saturated heterocycles. The van der Waals surface area contributed by atoms with Gasteiger partial charge in [0.2, 0.25) is 0 Å². The van der Waals surface area contributed by atoms with Crippen LogP contribution in [-0.2, 0) is 9.84 Å². The molecule has 0 spiro atoms. The normalized spacial score (nSPS) is 17.3. The number of thiazole rings is 1. The van der Waals surface area contributed by atoms with Crippen molar-refractivity contribution in [3.63, 3.8) is 0 Å². The number of benzene rings is 1. The third-order valence-corrected chi connectivity index (χ3v) is 7.47. The summed E-state index contributed by atoms with van der Waals surface area (Å²) in [7, 11) is -3.44. The quantitative estimate of drug-likeness (QED) is 0.694. The average molecular weight is 447 g/mol. The Balaban J connectivity index is 1.52. The number of hydrogen-bond acceptors (Lipinski definition) is 8. The number of nitriles is 1. The van der Waals surface area contributed by atoms with E-state index in [4.69, 9.17) is 10.00 Å². The van der Waals surface area contributed by atoms with Gasteiger partial charge in [0.15, 0.2) is 15.0 Å². The summed E-state index contributed by atoms with van der Waals surface area (Å²) < 4.78 is 30.0. The van der Waals surface area contributed by atoms with E-state index in [2.05, 4.69) is 11.1 Å². The molecular weight excluding hydrogens is 424 g/mol. The molecule has 1 aromatic carbocycles. The lowest BCUT2D eigenvalue weighted by molar-refractivity contribution is 0.0728. The summed E-state index contributed by atoms with van der Waals surface area (Å²) in [5.41, 5.74) is 0.291. The highest BCUT2D eigenvalue weighted by atomic mass is 32.2. The van der Waals surface area contributed by atoms with Crippen molar-refractivity contribution in [2.45, 2.75) is 30.3 Å². The van der Waals surface area contributed by atoms with E-state index in [9.17, 15) is 13.2 Å². The summed E-state index contributed by atoms with van der Waals surface area (Å²) in [5.74, 6) is 0.212. The molecule has 1 aliphatic heterocycles. The summed E-state index contributed by atoms with van der Waals surface area (Å²) >= 11 is 1.33. The average Bonchev–Trinajstić information content (AvgIpc) is 3.19. The number of carbonyl (C=O) groups is 1. The van der Waals surface area contributed by atoms with Crippen molar-refractivity contribution in [2.75, 3.05) is 37.3 Å². The van der Waals surface area contributed by atoms with Crippen LogP contribution in [0.4, 0.5) is 5.13 Å². The highest BCUT2D eigenvalue weighted by molar-refractivity contribution is 7.90. The molecule has 0 radical (unpaired) electrons. The second-order valence-corrected chi connectivity index (χ2v) is 10.5. The number of sulfone groups is 1. The number of hydrogen-bond donors (Lipinski definition) is 0. The minimum absolute atomic E-state index is 0.0803. The number of carbonyl (C=O) groups excluding carboxylic acids is 1. The van der Waals surface area contributed by atoms with E-state index in [1.165, 1.54) is 23.5 Å². The van der Waals surface area contributed by atoms with E-state index in [1.54, 1.807) is 17.2 Å². The molecule has 1 saturated carbocycles. The molecule has 158 valence electrons. The smallest absolute Gasteiger partial charge is 0.257 e. The molecule has 2 aliphatic rings. The molecule has 2 fully saturated rings. The van der Waals surface area contributed by atoms with Crippen LogP contribution in [0.5, 0.6) is 5.75 Å². The lowest BCUT2D eigenvalue weighted by atomic mass is 9.96. The standard InChI is InChI=1S/C20H22N4O4S2/c1-30(26,27)16-5-6-18(28-14-3-2-4-14)17(11-16)19(25)23-7-9-24(10-8-23)20-22-13-15(12-21)29-20/h5-6,11,13-14H,2-4,7-10H2,1H3. The molecule has 1 aliphatic carbocycles. The Morgan fingerprint density at radius 2 is 2.00 bits per heavy atom. The van der Waals surface area contributed by atoms with Crippen LogP contribution in [-0.4, -0.2) is 62.7 Å². The molecule has 1 aromatic heterocycles. The molecule has 30 heavy (non-hydrogen) atoms. The zero-order valence-corrected chi connectivity index (χ0v) is 18.2. The Bertz CT molecular complexity index is 1090. The van der Waals surface area contributed by atoms with Crippen molar-refractivity contribution in [1.29, 1.82) is 5.26 Å². The van der Waals surface area contributed by atoms with Gasteiger partial charge in [-0.3, -0.25) is 4.79 Å². The zero-order chi connectivity index (χ0) is 21.3. The van der Waals surface area contributed by atoms with Crippen molar-refractivity contribution >= 4 is 32.2 Å². The van der Waals surface area contributed by atoms with Crippen molar-refractivity contribution in [3.05, 3.63) is 34.8 Å². The van der Waals surface area contributed by atoms with Gasteiger partial charge in [-0.2, -0.15) is 5.26 Å². The monoisotopic (exact) mass is 446 g/mol. The van der Waals surface area contributed by atoms with Gasteiger partial charge in [0.1, 0.15) is 16.7 Å². The van der Waals surface area contributed by atoms with Crippen LogP contribution in [0.15, 0.2) is 29.3 Å². The molecule has 0 bridgehead atoms. The molecular formula is C20H22N4O4S2. The molecule has 0 unspecified atom stereocenters. The summed E-state index contributed by atoms with van der Waals surface area (Å²) in [6.07, 6.45) is 5.75. The second kappa shape index (κ2) is 8.24. The fourth-order valence-corrected chi connectivity index (χ4v) is 4.82. The lowest BCUT2D eigenvalue weighted by Gasteiger charge is -2.35. The van der Waals surface area contributed by atoms with Gasteiger partial charge in [0.25, 0.3) is 5.91 Å². The first-order valence-electron chi connectivity index (χ1n) is 9.76. The van der Waals surface area contributed by atoms with Crippen LogP contribution in [0.25, 0.3) is 0 Å². The van der Waals surface area contributed by atoms with E-state index < -0.39 is 9.84 Å². The molecule has 10 heteroatoms. The molecule has 0 atom stereocenters. The van der Waals surface area contributed by atoms with Crippen molar-refractivity contribution < 1.29 is 17.9 Å². The summed E-state index contributed by atoms with van der Waals surface area (Å²) in [4.78, 5) is 22.0. The van der Waals surface area contributed by atoms with Gasteiger partial charge < -0.3 is 14.5 Å². The number of rotatable bonds is 5. The first kappa shape index (κ1) is 20.6. The van der Waals surface area contributed by atoms with Gasteiger partial charge in [-0.25, -0.2) is 13.4 Å². The fraction of sp³-hybridized carbons (Fsp3) is 0.450. The first-order valence-corrected chi connectivity index (χ1v) is 12.5. The van der Waals surface area contributed by atoms with Crippen LogP contribution in [0.2, 0.25) is 0 Å². The van der Waals surface area contributed by atoms with Gasteiger partial charge in [-0.1, -0.05) is 11.3 Å². The molecule has 1 amide bonds. The number of ether oxygens (including phenoxy) is 1. The fourth-order valence-electron chi connectivity index (χ4n) is 3.41. The maximum absolute atomic E-state index is 13.3. The van der Waals surface area contributed by atoms with Crippen LogP contribution in [0.3, 0.4) is 0 Å². The topological polar surface area (TPSA) is 104 Å². The van der Waals surface area contributed by atoms with Crippen molar-refractivity contribution in [1.82, 2.24) is 9.88 Å². The molecule has 4 rings (SSSR count). The predicted molar refractivity (Wildman–Crippen MR) is 113 cm³/mol. The third kappa shape index (κ3) is 4.27. The number of anilines is 1. The molecule has 8 nitrogen and oxygen atoms in total. The molecule has 2 heterocycles. The van der Waals surface area contributed by atoms with Gasteiger partial charge in [-0.15, -0.1) is 0 Å². The highest BCUT2D eigenvalue weighted by Crippen LogP contribution is 2.31. The van der Waals surface area contributed by atoms with E-state index >= 15 is 0 Å². The first-order chi connectivity index (χ1) is 14.3. The minimum Gasteiger partial charge on any atom is -0.490 e. The van der Waals surface area contributed by atoms with Gasteiger partial charge in [-0.05, 0) is 37.5 Å². The van der Waals surface area contributed by atoms with E-state index in [1.807, 2.05) is 4.90 Å². The van der Waals surface area contributed by atoms with Crippen LogP contribution >= 0.6 is 11.3 Å². The van der Waals surface area contributed by atoms with E-state index in [0.717, 1.165) is 30.6 Å². The van der Waals surface area contributed by atoms with Crippen molar-refractivity contribution in [2.24, 2.45) is 0 Å². The number of piperazine rings is 1. The zero-order valence-electron chi connectivity index (χ0n) is 16.6. The van der Waals surface area contributed by atoms with Crippen LogP contribution in [0, 0.1) is 11.3 Å². The van der Waals surface area contributed by atoms with E-state index in [-0.39, 0.29) is 16.9 Å². The number of amides is 1. The number of nitrogens with zero attached hydrogens (tertiary/aromatic N) is 4. The second-order valence-electron chi connectivity index (χ2n) is 7.50. The third-order valence-electron chi connectivity index (χ3n) is 5.40. The summed E-state index contributed by atoms with van der Waals surface area (Å²) in [6, 6.07) is 6.60. The largest absolute Gasteiger partial charge is 0.490 e. The minimum atomic E-state index is -3.44. The summed E-state index contributed by atoms with van der Waals surface area (Å²) in [5, 5.41) is 9.74. The Morgan fingerprint density at radius 3 is 2.57 bits per heavy atom. The van der Waals surface area contributed by atoms with Gasteiger partial charge >= 0.3 is 0 Å². The Kier molecular flexibility index (Phi) is 5.66. The van der Waals surface area contributed by atoms with Gasteiger partial charge in [0.05, 0.1) is 22.8 Å². The Morgan fingerprint density at radius 1 is 1.27 bits per heavy atom.